The number of rotatable bonds is 36. The second kappa shape index (κ2) is 57.4. The van der Waals surface area contributed by atoms with Gasteiger partial charge in [0.15, 0.2) is 44.0 Å². The van der Waals surface area contributed by atoms with E-state index in [1.165, 1.54) is 6.92 Å². The highest BCUT2D eigenvalue weighted by Gasteiger charge is 2.62. The van der Waals surface area contributed by atoms with Crippen LogP contribution in [0.3, 0.4) is 0 Å². The molecule has 24 N–H and O–H groups in total. The summed E-state index contributed by atoms with van der Waals surface area (Å²) in [6, 6.07) is 5.91. The van der Waals surface area contributed by atoms with Crippen LogP contribution in [0.4, 0.5) is 0 Å². The average Bonchev–Trinajstić information content (AvgIpc) is 1.75. The summed E-state index contributed by atoms with van der Waals surface area (Å²) in [7, 11) is 0. The Kier molecular flexibility index (Phi) is 47.8. The lowest BCUT2D eigenvalue weighted by Crippen LogP contribution is -2.68. The zero-order chi connectivity index (χ0) is 109. The van der Waals surface area contributed by atoms with Gasteiger partial charge in [-0.1, -0.05) is 52.7 Å². The van der Waals surface area contributed by atoms with Gasteiger partial charge in [-0.2, -0.15) is 23.5 Å². The summed E-state index contributed by atoms with van der Waals surface area (Å²) in [6.07, 6.45) is -68.5. The number of carbonyl (C=O) groups excluding carboxylic acids is 5. The van der Waals surface area contributed by atoms with Gasteiger partial charge in [0.2, 0.25) is 0 Å². The molecule has 44 atom stereocenters. The first-order valence-corrected chi connectivity index (χ1v) is 53.4. The number of carboxylic acid groups (broad SMARTS) is 2. The van der Waals surface area contributed by atoms with Crippen molar-refractivity contribution in [1.82, 2.24) is 4.98 Å². The van der Waals surface area contributed by atoms with E-state index in [1.807, 2.05) is 32.0 Å². The number of aliphatic hydroxyl groups is 20. The van der Waals surface area contributed by atoms with Crippen molar-refractivity contribution in [2.75, 3.05) is 89.0 Å². The number of thiazole rings is 1. The zero-order valence-electron chi connectivity index (χ0n) is 83.8. The molecule has 149 heavy (non-hydrogen) atoms. The number of fused-ring (bicyclic) bond motifs is 2. The fourth-order valence-corrected chi connectivity index (χ4v) is 22.7. The number of allylic oxidation sites excluding steroid dienone is 1. The van der Waals surface area contributed by atoms with Gasteiger partial charge >= 0.3 is 23.9 Å². The molecule has 2 aromatic rings. The molecule has 53 heteroatoms. The highest BCUT2D eigenvalue weighted by molar-refractivity contribution is 7.99. The molecule has 14 bridgehead atoms. The Bertz CT molecular complexity index is 4530. The number of ketones is 3. The van der Waals surface area contributed by atoms with E-state index in [1.54, 1.807) is 38.2 Å². The van der Waals surface area contributed by atoms with Crippen LogP contribution < -0.4 is 5.73 Å². The number of carboxylic acids is 2. The van der Waals surface area contributed by atoms with Crippen LogP contribution in [-0.2, 0) is 124 Å². The number of thioether (sulfide) groups is 2. The molecule has 24 heterocycles. The van der Waals surface area contributed by atoms with Gasteiger partial charge < -0.3 is 208 Å². The molecule has 0 aliphatic carbocycles. The van der Waals surface area contributed by atoms with Crippen molar-refractivity contribution in [3.8, 4) is 0 Å². The van der Waals surface area contributed by atoms with Crippen LogP contribution in [0.15, 0.2) is 30.9 Å². The number of aliphatic carboxylic acids is 2. The van der Waals surface area contributed by atoms with E-state index in [9.17, 15) is 146 Å². The molecular weight excluding hydrogens is 2050 g/mol. The number of epoxide rings is 1. The van der Waals surface area contributed by atoms with Gasteiger partial charge in [-0.15, -0.1) is 17.9 Å². The van der Waals surface area contributed by atoms with E-state index < -0.39 is 325 Å². The summed E-state index contributed by atoms with van der Waals surface area (Å²) in [5.74, 6) is -8.82. The number of hydrogen-bond acceptors (Lipinski definition) is 51. The number of aromatic nitrogens is 1. The lowest BCUT2D eigenvalue weighted by Gasteiger charge is -2.50. The minimum absolute atomic E-state index is 0.0656. The molecule has 1 aromatic heterocycles. The highest BCUT2D eigenvalue weighted by Crippen LogP contribution is 2.49. The third kappa shape index (κ3) is 31.6. The molecule has 0 saturated carbocycles. The van der Waals surface area contributed by atoms with E-state index in [0.29, 0.717) is 19.4 Å². The molecule has 23 aliphatic rings. The summed E-state index contributed by atoms with van der Waals surface area (Å²) in [6.45, 7) is 11.5. The standard InChI is InChI=1S/C60H98O41S2.C36H52N2O7S/c1-3-21(52(82)83)16-102-18-29-50-36(73)43(80)59(93-29)98-48-27(14-64)89-55(39(76)32(48)69)95-45-24(11-61)88-54(38(75)31(45)68)96-46-26(13-63)92-58(42(79)35(46)72)101-51-30(19-103-17-22(53(84)85)10-23(67)5-7-87-9-8-86-6-4-20(2)66)94-60(44(81)37(51)74)99-49-28(15-65)90-56(40(77)33(49)70)97-47-25(12-62)91-57(100-50)41(78)34(47)71;1-7-12-25-33(44-31(40)14-9-8-10-18-37)22(2)13-11-17-36(6)30(45-36)20-27(24-15-16-28-26(19-24)38-23(3)46-28)43-32(41)21-29(39)35(4,5)34(25)42/h21-22,24-51,54-65,68-81H,3-19H2,1-2H3,(H,82,83)(H,84,85);7,15-16,19,22,25,27,29-30,33,39H,1,8-14,17-18,20-21,37H2,2-6H3/t21?,22?,24?,25?,26?,27?,28?,29?,30?,31-,32-,33-,34-,35-,36-,37-,38?,39?,40?,41?,42?,43?,44?,45-,46-,47-,48-,49-,50-,51-,54-,55-,56-,57-,58-,59-,60-;22-,25+,27-,29-,30-,33-,36+/m10/s1. The molecule has 23 fully saturated rings. The summed E-state index contributed by atoms with van der Waals surface area (Å²) >= 11 is 3.33. The number of Topliss-reactive ketones (excluding diaryl/α,β-unsaturated/α-hetero) is 3. The van der Waals surface area contributed by atoms with Gasteiger partial charge in [0.05, 0.1) is 134 Å². The van der Waals surface area contributed by atoms with Crippen molar-refractivity contribution >= 4 is 86.3 Å². The third-order valence-electron chi connectivity index (χ3n) is 28.6. The molecular formula is C96H150N2O48S3. The molecule has 850 valence electrons. The minimum atomic E-state index is -2.31. The van der Waals surface area contributed by atoms with Crippen molar-refractivity contribution in [2.24, 2.45) is 34.8 Å². The van der Waals surface area contributed by atoms with Crippen LogP contribution in [0.1, 0.15) is 148 Å². The zero-order valence-corrected chi connectivity index (χ0v) is 86.3. The van der Waals surface area contributed by atoms with Gasteiger partial charge in [0.25, 0.3) is 0 Å². The second-order valence-electron chi connectivity index (χ2n) is 40.0. The summed E-state index contributed by atoms with van der Waals surface area (Å²) < 4.78 is 113. The predicted molar refractivity (Wildman–Crippen MR) is 512 cm³/mol. The Morgan fingerprint density at radius 3 is 1.32 bits per heavy atom. The van der Waals surface area contributed by atoms with E-state index in [0.717, 1.165) is 76.4 Å². The molecule has 23 aliphatic heterocycles. The van der Waals surface area contributed by atoms with Crippen molar-refractivity contribution in [3.63, 3.8) is 0 Å². The first kappa shape index (κ1) is 124. The quantitative estimate of drug-likeness (QED) is 0.0131. The van der Waals surface area contributed by atoms with Crippen LogP contribution in [0.5, 0.6) is 0 Å². The second-order valence-corrected chi connectivity index (χ2v) is 43.3. The Morgan fingerprint density at radius 1 is 0.537 bits per heavy atom. The number of hydrogen-bond donors (Lipinski definition) is 23. The van der Waals surface area contributed by atoms with Gasteiger partial charge in [-0.05, 0) is 89.5 Å². The Morgan fingerprint density at radius 2 is 0.933 bits per heavy atom. The molecule has 16 unspecified atom stereocenters. The number of nitrogens with zero attached hydrogens (tertiary/aromatic N) is 1. The van der Waals surface area contributed by atoms with Gasteiger partial charge in [0.1, 0.15) is 188 Å². The predicted octanol–water partition coefficient (Wildman–Crippen LogP) is -5.05. The molecule has 0 amide bonds. The van der Waals surface area contributed by atoms with E-state index >= 15 is 0 Å². The van der Waals surface area contributed by atoms with Crippen LogP contribution in [0, 0.1) is 36.0 Å². The molecule has 1 aromatic carbocycles. The lowest BCUT2D eigenvalue weighted by atomic mass is 9.71. The van der Waals surface area contributed by atoms with E-state index in [2.05, 4.69) is 18.5 Å². The van der Waals surface area contributed by atoms with E-state index in [-0.39, 0.29) is 117 Å². The Hall–Kier alpha value is -5.08. The minimum Gasteiger partial charge on any atom is -0.481 e. The third-order valence-corrected chi connectivity index (χ3v) is 32.0. The van der Waals surface area contributed by atoms with Crippen molar-refractivity contribution < 1.29 is 236 Å². The summed E-state index contributed by atoms with van der Waals surface area (Å²) in [5.41, 5.74) is 5.57. The topological polar surface area (TPSA) is 782 Å². The number of nitrogens with two attached hydrogens (primary N) is 1. The van der Waals surface area contributed by atoms with Crippen molar-refractivity contribution in [1.29, 1.82) is 0 Å². The molecule has 50 nitrogen and oxygen atoms in total. The van der Waals surface area contributed by atoms with Crippen LogP contribution in [-0.4, -0.2) is 486 Å². The van der Waals surface area contributed by atoms with Crippen LogP contribution in [0.2, 0.25) is 0 Å². The number of cyclic esters (lactones) is 1. The first-order valence-electron chi connectivity index (χ1n) is 50.3. The Balaban J connectivity index is 0.000000380. The van der Waals surface area contributed by atoms with Gasteiger partial charge in [0, 0.05) is 55.1 Å². The molecule has 23 saturated heterocycles. The fourth-order valence-electron chi connectivity index (χ4n) is 19.4. The smallest absolute Gasteiger partial charge is 0.309 e. The number of aryl methyl sites for hydroxylation is 1. The summed E-state index contributed by atoms with van der Waals surface area (Å²) in [5, 5.41) is 249. The molecule has 0 radical (unpaired) electrons. The van der Waals surface area contributed by atoms with E-state index in [4.69, 9.17) is 95.7 Å². The number of esters is 2. The maximum absolute atomic E-state index is 14.2. The first-order chi connectivity index (χ1) is 70.8. The van der Waals surface area contributed by atoms with Crippen LogP contribution >= 0.6 is 34.9 Å². The number of aliphatic hydroxyl groups excluding tert-OH is 20. The normalized spacial score (nSPS) is 40.5. The highest BCUT2D eigenvalue weighted by atomic mass is 32.2. The number of ether oxygens (including phenoxy) is 19. The van der Waals surface area contributed by atoms with Crippen LogP contribution in [0.25, 0.3) is 10.2 Å². The van der Waals surface area contributed by atoms with Crippen molar-refractivity contribution in [3.05, 3.63) is 41.4 Å². The number of unbranched alkanes of at least 4 members (excludes halogenated alkanes) is 2. The summed E-state index contributed by atoms with van der Waals surface area (Å²) in [4.78, 5) is 94.1. The lowest BCUT2D eigenvalue weighted by molar-refractivity contribution is -0.395. The largest absolute Gasteiger partial charge is 0.481 e. The number of carbonyl (C=O) groups is 7. The SMILES string of the molecule is C=CC[C@H]1C(=O)C(C)(C)[C@@H](O)CC(=O)O[C@H](c2ccc3sc(C)nc3c2)C[C@@H]2O[C@]2(C)CCC[C@H](C)[C@@H]1OC(=O)CCCCCN.CCC(CSCC1O[C@@H]2O[C@@H]3C(CO)O[C@H](O[C@@H]4C(CO)O[C@H](O[C@@H]5C(CO)O[C@H](O[C@@H]6C(CSCC(CC(=O)CCOCCOCCC(C)=O)C(=O)O)O[C@H](O[C@@H]7C(CO)O[C@H](O[C@@H]8C(CO)O[C@H](O[C@H]1[C@H](O)C2O)C(O)[C@H]8O)C(O)[C@H]7O)C(O)[C@H]6O)C(O)[C@H]5O)C(O)[C@H]4O)C(O)[C@H]3O)C(=O)O. The maximum Gasteiger partial charge on any atom is 0.309 e. The van der Waals surface area contributed by atoms with Crippen molar-refractivity contribution in [2.45, 2.75) is 383 Å². The Labute approximate surface area is 871 Å². The maximum atomic E-state index is 14.2. The fraction of sp³-hybridized carbons (Fsp3) is 0.833. The average molecular weight is 2200 g/mol. The molecule has 25 rings (SSSR count). The monoisotopic (exact) mass is 2190 g/mol. The van der Waals surface area contributed by atoms with Gasteiger partial charge in [-0.3, -0.25) is 33.6 Å². The van der Waals surface area contributed by atoms with Gasteiger partial charge in [-0.25, -0.2) is 4.98 Å². The number of benzene rings is 1. The molecule has 0 spiro atoms.